The van der Waals surface area contributed by atoms with E-state index in [0.29, 0.717) is 17.3 Å². The Bertz CT molecular complexity index is 1480. The van der Waals surface area contributed by atoms with Crippen molar-refractivity contribution in [2.45, 2.75) is 64.7 Å². The summed E-state index contributed by atoms with van der Waals surface area (Å²) in [4.78, 5) is 0. The minimum atomic E-state index is 0.346. The number of hydrogen-bond donors (Lipinski definition) is 0. The summed E-state index contributed by atoms with van der Waals surface area (Å²) in [5.41, 5.74) is 8.08. The van der Waals surface area contributed by atoms with Crippen LogP contribution in [0.2, 0.25) is 0 Å². The van der Waals surface area contributed by atoms with Gasteiger partial charge in [0, 0.05) is 0 Å². The van der Waals surface area contributed by atoms with Crippen molar-refractivity contribution in [3.05, 3.63) is 93.9 Å². The molecule has 0 saturated heterocycles. The minimum absolute atomic E-state index is 0.346. The molecule has 35 heavy (non-hydrogen) atoms. The quantitative estimate of drug-likeness (QED) is 0.401. The summed E-state index contributed by atoms with van der Waals surface area (Å²) in [6.45, 7) is 2.48. The summed E-state index contributed by atoms with van der Waals surface area (Å²) in [5, 5.41) is 5.95. The maximum atomic E-state index is 2.68. The van der Waals surface area contributed by atoms with Gasteiger partial charge in [0.25, 0.3) is 0 Å². The fraction of sp³-hybridized carbons (Fsp3) is 0.371. The van der Waals surface area contributed by atoms with Gasteiger partial charge in [-0.25, -0.2) is 0 Å². The van der Waals surface area contributed by atoms with Gasteiger partial charge in [0.05, 0.1) is 0 Å². The summed E-state index contributed by atoms with van der Waals surface area (Å²) in [5.74, 6) is 1.35. The lowest BCUT2D eigenvalue weighted by Crippen LogP contribution is -2.36. The molecule has 2 aromatic rings. The molecule has 0 spiro atoms. The molecule has 0 heteroatoms. The lowest BCUT2D eigenvalue weighted by Gasteiger charge is -2.41. The molecule has 0 bridgehead atoms. The van der Waals surface area contributed by atoms with E-state index in [-0.39, 0.29) is 0 Å². The first-order valence-corrected chi connectivity index (χ1v) is 13.9. The molecular weight excluding hydrogens is 420 g/mol. The van der Waals surface area contributed by atoms with Crippen LogP contribution in [0, 0.1) is 17.3 Å². The molecule has 5 aliphatic carbocycles. The summed E-state index contributed by atoms with van der Waals surface area (Å²) in [7, 11) is 0. The van der Waals surface area contributed by atoms with E-state index in [1.807, 2.05) is 0 Å². The molecule has 5 aliphatic rings. The van der Waals surface area contributed by atoms with Crippen LogP contribution in [0.5, 0.6) is 0 Å². The van der Waals surface area contributed by atoms with Crippen molar-refractivity contribution < 1.29 is 0 Å². The molecule has 0 aliphatic heterocycles. The maximum Gasteiger partial charge on any atom is -0.00699 e. The molecule has 0 aromatic heterocycles. The normalized spacial score (nSPS) is 29.1. The fourth-order valence-electron chi connectivity index (χ4n) is 7.56. The smallest absolute Gasteiger partial charge is 0.00699 e. The van der Waals surface area contributed by atoms with Gasteiger partial charge in [0.2, 0.25) is 0 Å². The Morgan fingerprint density at radius 1 is 0.800 bits per heavy atom. The molecular formula is C35H36. The topological polar surface area (TPSA) is 0 Å². The van der Waals surface area contributed by atoms with Crippen LogP contribution in [0.15, 0.2) is 72.4 Å². The van der Waals surface area contributed by atoms with Gasteiger partial charge in [-0.1, -0.05) is 85.9 Å². The van der Waals surface area contributed by atoms with Crippen LogP contribution in [0.25, 0.3) is 34.1 Å². The fourth-order valence-corrected chi connectivity index (χ4v) is 7.56. The Morgan fingerprint density at radius 2 is 1.54 bits per heavy atom. The van der Waals surface area contributed by atoms with Crippen LogP contribution in [0.1, 0.15) is 75.8 Å². The van der Waals surface area contributed by atoms with Crippen molar-refractivity contribution >= 4 is 34.1 Å². The highest BCUT2D eigenvalue weighted by Gasteiger charge is 2.36. The van der Waals surface area contributed by atoms with Crippen LogP contribution >= 0.6 is 0 Å². The average Bonchev–Trinajstić information content (AvgIpc) is 2.91. The highest BCUT2D eigenvalue weighted by Crippen LogP contribution is 2.48. The molecule has 3 atom stereocenters. The van der Waals surface area contributed by atoms with Gasteiger partial charge in [-0.15, -0.1) is 0 Å². The molecule has 3 unspecified atom stereocenters. The Hall–Kier alpha value is -2.86. The minimum Gasteiger partial charge on any atom is -0.0879 e. The zero-order chi connectivity index (χ0) is 23.4. The molecule has 0 heterocycles. The molecule has 0 radical (unpaired) electrons. The van der Waals surface area contributed by atoms with Gasteiger partial charge < -0.3 is 0 Å². The molecule has 176 valence electrons. The standard InChI is InChI=1S/C35H36/c1-35-20-9-8-12-28(35)23-27(19-21-35)34-31-15-6-4-13-29(31)33(30-14-5-7-16-32(30)34)26-18-17-24-10-2-3-11-25(24)22-26/h2,4,6,9-10,13-18,20,23,25,28H,3,5,7-8,11-12,19,21-22H2,1H3. The first-order chi connectivity index (χ1) is 17.2. The van der Waals surface area contributed by atoms with Crippen LogP contribution in [0.4, 0.5) is 0 Å². The van der Waals surface area contributed by atoms with Crippen LogP contribution < -0.4 is 10.4 Å². The van der Waals surface area contributed by atoms with E-state index < -0.39 is 0 Å². The van der Waals surface area contributed by atoms with Gasteiger partial charge in [-0.3, -0.25) is 0 Å². The molecule has 0 fully saturated rings. The number of benzene rings is 2. The van der Waals surface area contributed by atoms with Crippen molar-refractivity contribution in [2.24, 2.45) is 17.3 Å². The van der Waals surface area contributed by atoms with E-state index in [9.17, 15) is 0 Å². The van der Waals surface area contributed by atoms with Gasteiger partial charge in [0.15, 0.2) is 0 Å². The number of fused-ring (bicyclic) bond motifs is 4. The Labute approximate surface area is 209 Å². The van der Waals surface area contributed by atoms with Crippen molar-refractivity contribution in [1.29, 1.82) is 0 Å². The van der Waals surface area contributed by atoms with Crippen LogP contribution in [-0.2, 0) is 0 Å². The van der Waals surface area contributed by atoms with Gasteiger partial charge in [0.1, 0.15) is 0 Å². The van der Waals surface area contributed by atoms with Crippen molar-refractivity contribution in [2.75, 3.05) is 0 Å². The monoisotopic (exact) mass is 456 g/mol. The van der Waals surface area contributed by atoms with E-state index in [2.05, 4.69) is 85.9 Å². The largest absolute Gasteiger partial charge is 0.0879 e. The first-order valence-electron chi connectivity index (χ1n) is 13.9. The number of allylic oxidation sites excluding steroid dienone is 10. The number of hydrogen-bond acceptors (Lipinski definition) is 0. The summed E-state index contributed by atoms with van der Waals surface area (Å²) in [6, 6.07) is 9.31. The van der Waals surface area contributed by atoms with E-state index in [1.165, 1.54) is 77.3 Å². The SMILES string of the molecule is CC12C=CCCC1C=C(c1c3c(c(C4=CC=C5C=CCCC5C4)c4ccccc14)=CCCC=3)CC2. The lowest BCUT2D eigenvalue weighted by molar-refractivity contribution is 0.252. The summed E-state index contributed by atoms with van der Waals surface area (Å²) in [6.07, 6.45) is 33.2. The number of rotatable bonds is 2. The zero-order valence-electron chi connectivity index (χ0n) is 21.0. The van der Waals surface area contributed by atoms with Crippen molar-refractivity contribution in [1.82, 2.24) is 0 Å². The average molecular weight is 457 g/mol. The van der Waals surface area contributed by atoms with E-state index in [1.54, 1.807) is 16.7 Å². The van der Waals surface area contributed by atoms with E-state index >= 15 is 0 Å². The van der Waals surface area contributed by atoms with Crippen LogP contribution in [0.3, 0.4) is 0 Å². The lowest BCUT2D eigenvalue weighted by atomic mass is 9.64. The summed E-state index contributed by atoms with van der Waals surface area (Å²) < 4.78 is 0. The third-order valence-corrected chi connectivity index (χ3v) is 9.53. The second-order valence-corrected chi connectivity index (χ2v) is 11.6. The molecule has 0 nitrogen and oxygen atoms in total. The Kier molecular flexibility index (Phi) is 5.12. The Morgan fingerprint density at radius 3 is 2.34 bits per heavy atom. The second-order valence-electron chi connectivity index (χ2n) is 11.6. The molecule has 0 N–H and O–H groups in total. The predicted octanol–water partition coefficient (Wildman–Crippen LogP) is 8.02. The Balaban J connectivity index is 1.47. The first kappa shape index (κ1) is 21.4. The van der Waals surface area contributed by atoms with Crippen molar-refractivity contribution in [3.63, 3.8) is 0 Å². The third-order valence-electron chi connectivity index (χ3n) is 9.53. The summed E-state index contributed by atoms with van der Waals surface area (Å²) >= 11 is 0. The molecule has 0 saturated carbocycles. The molecule has 2 aromatic carbocycles. The zero-order valence-corrected chi connectivity index (χ0v) is 21.0. The molecule has 7 rings (SSSR count). The van der Waals surface area contributed by atoms with E-state index in [4.69, 9.17) is 0 Å². The highest BCUT2D eigenvalue weighted by atomic mass is 14.4. The van der Waals surface area contributed by atoms with Gasteiger partial charge in [-0.2, -0.15) is 0 Å². The maximum absolute atomic E-state index is 2.68. The van der Waals surface area contributed by atoms with Crippen molar-refractivity contribution in [3.8, 4) is 0 Å². The molecule has 0 amide bonds. The highest BCUT2D eigenvalue weighted by molar-refractivity contribution is 6.02. The predicted molar refractivity (Wildman–Crippen MR) is 151 cm³/mol. The van der Waals surface area contributed by atoms with Crippen LogP contribution in [-0.4, -0.2) is 0 Å². The van der Waals surface area contributed by atoms with E-state index in [0.717, 1.165) is 12.8 Å². The second kappa shape index (κ2) is 8.37. The third kappa shape index (κ3) is 3.48. The van der Waals surface area contributed by atoms with Gasteiger partial charge >= 0.3 is 0 Å². The van der Waals surface area contributed by atoms with Gasteiger partial charge in [-0.05, 0) is 124 Å².